The summed E-state index contributed by atoms with van der Waals surface area (Å²) in [5.41, 5.74) is 0.650. The van der Waals surface area contributed by atoms with Crippen LogP contribution >= 0.6 is 0 Å². The fourth-order valence-corrected chi connectivity index (χ4v) is 1.63. The van der Waals surface area contributed by atoms with Crippen LogP contribution in [0.4, 0.5) is 0 Å². The van der Waals surface area contributed by atoms with E-state index in [0.717, 1.165) is 0 Å². The molecule has 1 aromatic carbocycles. The van der Waals surface area contributed by atoms with Gasteiger partial charge in [0.2, 0.25) is 6.79 Å². The smallest absolute Gasteiger partial charge is 0.348 e. The standard InChI is InChI=1S/C15H15NO4/c1-10(2)8-18-15(17)12(7-16)5-11-3-4-13-14(6-11)20-9-19-13/h3-6,10H,8-9H2,1-2H3/b12-5-. The summed E-state index contributed by atoms with van der Waals surface area (Å²) in [6, 6.07) is 7.06. The largest absolute Gasteiger partial charge is 0.461 e. The fraction of sp³-hybridized carbons (Fsp3) is 0.333. The van der Waals surface area contributed by atoms with Gasteiger partial charge in [0.05, 0.1) is 6.61 Å². The molecule has 1 aliphatic heterocycles. The normalized spacial score (nSPS) is 13.2. The molecule has 0 spiro atoms. The van der Waals surface area contributed by atoms with E-state index in [-0.39, 0.29) is 18.3 Å². The van der Waals surface area contributed by atoms with Crippen molar-refractivity contribution < 1.29 is 19.0 Å². The number of fused-ring (bicyclic) bond motifs is 1. The van der Waals surface area contributed by atoms with Gasteiger partial charge in [-0.2, -0.15) is 5.26 Å². The molecular weight excluding hydrogens is 258 g/mol. The van der Waals surface area contributed by atoms with Crippen molar-refractivity contribution in [1.29, 1.82) is 5.26 Å². The van der Waals surface area contributed by atoms with Crippen LogP contribution in [0.25, 0.3) is 6.08 Å². The molecule has 0 fully saturated rings. The van der Waals surface area contributed by atoms with Crippen LogP contribution in [0, 0.1) is 17.2 Å². The Morgan fingerprint density at radius 2 is 2.20 bits per heavy atom. The van der Waals surface area contributed by atoms with Gasteiger partial charge in [-0.05, 0) is 29.7 Å². The number of carbonyl (C=O) groups is 1. The number of rotatable bonds is 4. The van der Waals surface area contributed by atoms with E-state index in [1.807, 2.05) is 19.9 Å². The van der Waals surface area contributed by atoms with E-state index in [0.29, 0.717) is 23.7 Å². The summed E-state index contributed by atoms with van der Waals surface area (Å²) in [5, 5.41) is 9.04. The highest BCUT2D eigenvalue weighted by molar-refractivity contribution is 5.97. The first-order valence-electron chi connectivity index (χ1n) is 6.28. The van der Waals surface area contributed by atoms with Crippen LogP contribution in [-0.4, -0.2) is 19.4 Å². The van der Waals surface area contributed by atoms with E-state index < -0.39 is 5.97 Å². The topological polar surface area (TPSA) is 68.6 Å². The Morgan fingerprint density at radius 1 is 1.45 bits per heavy atom. The summed E-state index contributed by atoms with van der Waals surface area (Å²) in [5.74, 6) is 0.873. The monoisotopic (exact) mass is 273 g/mol. The summed E-state index contributed by atoms with van der Waals surface area (Å²) in [6.45, 7) is 4.34. The van der Waals surface area contributed by atoms with E-state index in [4.69, 9.17) is 19.5 Å². The molecule has 0 aliphatic carbocycles. The van der Waals surface area contributed by atoms with Crippen LogP contribution in [-0.2, 0) is 9.53 Å². The molecule has 20 heavy (non-hydrogen) atoms. The van der Waals surface area contributed by atoms with Gasteiger partial charge >= 0.3 is 5.97 Å². The molecule has 0 saturated heterocycles. The number of ether oxygens (including phenoxy) is 3. The zero-order chi connectivity index (χ0) is 14.5. The fourth-order valence-electron chi connectivity index (χ4n) is 1.63. The quantitative estimate of drug-likeness (QED) is 0.479. The first kappa shape index (κ1) is 13.9. The average Bonchev–Trinajstić information content (AvgIpc) is 2.89. The number of nitriles is 1. The van der Waals surface area contributed by atoms with Gasteiger partial charge in [0, 0.05) is 0 Å². The zero-order valence-corrected chi connectivity index (χ0v) is 11.4. The molecular formula is C15H15NO4. The van der Waals surface area contributed by atoms with Gasteiger partial charge in [-0.25, -0.2) is 4.79 Å². The Morgan fingerprint density at radius 3 is 2.90 bits per heavy atom. The lowest BCUT2D eigenvalue weighted by Gasteiger charge is -2.06. The van der Waals surface area contributed by atoms with Gasteiger partial charge < -0.3 is 14.2 Å². The van der Waals surface area contributed by atoms with Crippen LogP contribution in [0.15, 0.2) is 23.8 Å². The second-order valence-electron chi connectivity index (χ2n) is 4.77. The number of hydrogen-bond donors (Lipinski definition) is 0. The zero-order valence-electron chi connectivity index (χ0n) is 11.4. The van der Waals surface area contributed by atoms with Crippen molar-refractivity contribution in [3.05, 3.63) is 29.3 Å². The van der Waals surface area contributed by atoms with Crippen LogP contribution in [0.1, 0.15) is 19.4 Å². The molecule has 0 bridgehead atoms. The van der Waals surface area contributed by atoms with Crippen molar-refractivity contribution in [2.45, 2.75) is 13.8 Å². The second kappa shape index (κ2) is 6.11. The van der Waals surface area contributed by atoms with Crippen LogP contribution in [0.3, 0.4) is 0 Å². The lowest BCUT2D eigenvalue weighted by Crippen LogP contribution is -2.11. The second-order valence-corrected chi connectivity index (χ2v) is 4.77. The maximum absolute atomic E-state index is 11.7. The lowest BCUT2D eigenvalue weighted by molar-refractivity contribution is -0.139. The molecule has 2 rings (SSSR count). The third-order valence-corrected chi connectivity index (χ3v) is 2.60. The Hall–Kier alpha value is -2.48. The summed E-state index contributed by atoms with van der Waals surface area (Å²) < 4.78 is 15.5. The van der Waals surface area contributed by atoms with Crippen molar-refractivity contribution >= 4 is 12.0 Å². The number of nitrogens with zero attached hydrogens (tertiary/aromatic N) is 1. The number of hydrogen-bond acceptors (Lipinski definition) is 5. The molecule has 5 nitrogen and oxygen atoms in total. The Labute approximate surface area is 117 Å². The molecule has 104 valence electrons. The van der Waals surface area contributed by atoms with E-state index in [1.165, 1.54) is 6.08 Å². The Kier molecular flexibility index (Phi) is 4.26. The van der Waals surface area contributed by atoms with E-state index in [2.05, 4.69) is 0 Å². The lowest BCUT2D eigenvalue weighted by atomic mass is 10.1. The molecule has 0 aromatic heterocycles. The van der Waals surface area contributed by atoms with Gasteiger partial charge in [0.25, 0.3) is 0 Å². The van der Waals surface area contributed by atoms with Gasteiger partial charge in [-0.1, -0.05) is 19.9 Å². The number of carbonyl (C=O) groups excluding carboxylic acids is 1. The van der Waals surface area contributed by atoms with Crippen molar-refractivity contribution in [3.8, 4) is 17.6 Å². The minimum Gasteiger partial charge on any atom is -0.461 e. The minimum atomic E-state index is -0.612. The van der Waals surface area contributed by atoms with Gasteiger partial charge in [0.1, 0.15) is 11.6 Å². The van der Waals surface area contributed by atoms with E-state index >= 15 is 0 Å². The van der Waals surface area contributed by atoms with Crippen molar-refractivity contribution in [1.82, 2.24) is 0 Å². The molecule has 0 N–H and O–H groups in total. The average molecular weight is 273 g/mol. The maximum atomic E-state index is 11.7. The third kappa shape index (κ3) is 3.29. The molecule has 0 amide bonds. The Bertz CT molecular complexity index is 584. The highest BCUT2D eigenvalue weighted by atomic mass is 16.7. The van der Waals surface area contributed by atoms with Gasteiger partial charge in [0.15, 0.2) is 11.5 Å². The maximum Gasteiger partial charge on any atom is 0.348 e. The summed E-state index contributed by atoms with van der Waals surface area (Å²) in [6.07, 6.45) is 1.48. The van der Waals surface area contributed by atoms with Crippen LogP contribution < -0.4 is 9.47 Å². The van der Waals surface area contributed by atoms with E-state index in [1.54, 1.807) is 18.2 Å². The van der Waals surface area contributed by atoms with Crippen molar-refractivity contribution in [2.24, 2.45) is 5.92 Å². The van der Waals surface area contributed by atoms with Crippen molar-refractivity contribution in [3.63, 3.8) is 0 Å². The summed E-state index contributed by atoms with van der Waals surface area (Å²) in [4.78, 5) is 11.7. The molecule has 0 atom stereocenters. The van der Waals surface area contributed by atoms with Crippen LogP contribution in [0.2, 0.25) is 0 Å². The third-order valence-electron chi connectivity index (χ3n) is 2.60. The summed E-state index contributed by atoms with van der Waals surface area (Å²) in [7, 11) is 0. The van der Waals surface area contributed by atoms with Gasteiger partial charge in [-0.15, -0.1) is 0 Å². The van der Waals surface area contributed by atoms with Gasteiger partial charge in [-0.3, -0.25) is 0 Å². The van der Waals surface area contributed by atoms with Crippen molar-refractivity contribution in [2.75, 3.05) is 13.4 Å². The summed E-state index contributed by atoms with van der Waals surface area (Å²) >= 11 is 0. The molecule has 5 heteroatoms. The molecule has 1 aromatic rings. The molecule has 1 aliphatic rings. The first-order chi connectivity index (χ1) is 9.60. The van der Waals surface area contributed by atoms with E-state index in [9.17, 15) is 4.79 Å². The molecule has 0 radical (unpaired) electrons. The predicted molar refractivity (Wildman–Crippen MR) is 72.0 cm³/mol. The number of benzene rings is 1. The highest BCUT2D eigenvalue weighted by Crippen LogP contribution is 2.33. The molecule has 1 heterocycles. The predicted octanol–water partition coefficient (Wildman–Crippen LogP) is 2.52. The SMILES string of the molecule is CC(C)COC(=O)/C(C#N)=C\c1ccc2c(c1)OCO2. The first-order valence-corrected chi connectivity index (χ1v) is 6.28. The molecule has 0 saturated carbocycles. The Balaban J connectivity index is 2.14. The number of esters is 1. The van der Waals surface area contributed by atoms with Crippen LogP contribution in [0.5, 0.6) is 11.5 Å². The highest BCUT2D eigenvalue weighted by Gasteiger charge is 2.15. The molecule has 0 unspecified atom stereocenters. The minimum absolute atomic E-state index is 0.0375.